The van der Waals surface area contributed by atoms with Crippen LogP contribution in [0.2, 0.25) is 5.02 Å². The van der Waals surface area contributed by atoms with Crippen molar-refractivity contribution in [3.63, 3.8) is 0 Å². The summed E-state index contributed by atoms with van der Waals surface area (Å²) in [5, 5.41) is 0.732. The van der Waals surface area contributed by atoms with Crippen molar-refractivity contribution in [2.45, 2.75) is 19.9 Å². The van der Waals surface area contributed by atoms with Crippen LogP contribution in [0, 0.1) is 13.8 Å². The van der Waals surface area contributed by atoms with Crippen LogP contribution < -0.4 is 11.3 Å². The van der Waals surface area contributed by atoms with Crippen LogP contribution in [0.25, 0.3) is 0 Å². The lowest BCUT2D eigenvalue weighted by molar-refractivity contribution is 0.633. The highest BCUT2D eigenvalue weighted by molar-refractivity contribution is 6.30. The highest BCUT2D eigenvalue weighted by atomic mass is 35.5. The molecule has 0 saturated carbocycles. The predicted molar refractivity (Wildman–Crippen MR) is 76.5 cm³/mol. The molecule has 94 valence electrons. The zero-order valence-electron chi connectivity index (χ0n) is 10.6. The van der Waals surface area contributed by atoms with Gasteiger partial charge in [-0.05, 0) is 42.7 Å². The van der Waals surface area contributed by atoms with Crippen LogP contribution in [-0.2, 0) is 0 Å². The number of hydrazine groups is 1. The standard InChI is InChI=1S/C15H17ClN2/c1-10-3-4-11(2)14(9-10)15(18-17)12-5-7-13(16)8-6-12/h3-9,15,18H,17H2,1-2H3. The number of nitrogens with two attached hydrogens (primary N) is 1. The molecule has 0 aromatic heterocycles. The van der Waals surface area contributed by atoms with Crippen LogP contribution >= 0.6 is 11.6 Å². The molecule has 2 rings (SSSR count). The third-order valence-electron chi connectivity index (χ3n) is 3.12. The van der Waals surface area contributed by atoms with Crippen LogP contribution in [0.15, 0.2) is 42.5 Å². The number of nitrogens with one attached hydrogen (secondary N) is 1. The van der Waals surface area contributed by atoms with Gasteiger partial charge in [-0.2, -0.15) is 0 Å². The predicted octanol–water partition coefficient (Wildman–Crippen LogP) is 3.51. The van der Waals surface area contributed by atoms with E-state index in [9.17, 15) is 0 Å². The Kier molecular flexibility index (Phi) is 4.02. The Morgan fingerprint density at radius 1 is 1.06 bits per heavy atom. The van der Waals surface area contributed by atoms with E-state index in [0.717, 1.165) is 10.6 Å². The van der Waals surface area contributed by atoms with Gasteiger partial charge in [0, 0.05) is 5.02 Å². The van der Waals surface area contributed by atoms with E-state index in [2.05, 4.69) is 37.5 Å². The van der Waals surface area contributed by atoms with Crippen LogP contribution in [0.5, 0.6) is 0 Å². The fourth-order valence-corrected chi connectivity index (χ4v) is 2.22. The Morgan fingerprint density at radius 3 is 2.33 bits per heavy atom. The molecule has 0 fully saturated rings. The van der Waals surface area contributed by atoms with Crippen molar-refractivity contribution < 1.29 is 0 Å². The molecule has 0 heterocycles. The molecule has 0 aliphatic rings. The first-order chi connectivity index (χ1) is 8.61. The van der Waals surface area contributed by atoms with Gasteiger partial charge in [-0.25, -0.2) is 5.43 Å². The average Bonchev–Trinajstić information content (AvgIpc) is 2.37. The Morgan fingerprint density at radius 2 is 1.72 bits per heavy atom. The van der Waals surface area contributed by atoms with E-state index in [-0.39, 0.29) is 6.04 Å². The van der Waals surface area contributed by atoms with Gasteiger partial charge >= 0.3 is 0 Å². The Bertz CT molecular complexity index is 535. The van der Waals surface area contributed by atoms with E-state index < -0.39 is 0 Å². The van der Waals surface area contributed by atoms with E-state index in [1.165, 1.54) is 16.7 Å². The summed E-state index contributed by atoms with van der Waals surface area (Å²) in [6.45, 7) is 4.17. The molecule has 2 aromatic rings. The van der Waals surface area contributed by atoms with Crippen LogP contribution in [0.3, 0.4) is 0 Å². The first-order valence-corrected chi connectivity index (χ1v) is 6.28. The van der Waals surface area contributed by atoms with Crippen LogP contribution in [0.4, 0.5) is 0 Å². The minimum Gasteiger partial charge on any atom is -0.271 e. The van der Waals surface area contributed by atoms with E-state index in [4.69, 9.17) is 17.4 Å². The molecule has 0 bridgehead atoms. The summed E-state index contributed by atoms with van der Waals surface area (Å²) in [6, 6.07) is 14.1. The highest BCUT2D eigenvalue weighted by Gasteiger charge is 2.14. The monoisotopic (exact) mass is 260 g/mol. The second kappa shape index (κ2) is 5.53. The van der Waals surface area contributed by atoms with Crippen LogP contribution in [0.1, 0.15) is 28.3 Å². The van der Waals surface area contributed by atoms with E-state index in [0.29, 0.717) is 0 Å². The number of halogens is 1. The molecule has 0 amide bonds. The Hall–Kier alpha value is -1.35. The lowest BCUT2D eigenvalue weighted by atomic mass is 9.94. The highest BCUT2D eigenvalue weighted by Crippen LogP contribution is 2.26. The van der Waals surface area contributed by atoms with Gasteiger partial charge in [-0.3, -0.25) is 5.84 Å². The minimum absolute atomic E-state index is 0.0119. The first kappa shape index (κ1) is 13.1. The summed E-state index contributed by atoms with van der Waals surface area (Å²) in [5.41, 5.74) is 7.63. The maximum atomic E-state index is 5.91. The Labute approximate surface area is 113 Å². The maximum absolute atomic E-state index is 5.91. The molecule has 0 aliphatic carbocycles. The van der Waals surface area contributed by atoms with Crippen LogP contribution in [-0.4, -0.2) is 0 Å². The molecule has 0 aliphatic heterocycles. The number of hydrogen-bond acceptors (Lipinski definition) is 2. The normalized spacial score (nSPS) is 12.4. The molecule has 0 radical (unpaired) electrons. The van der Waals surface area contributed by atoms with E-state index >= 15 is 0 Å². The van der Waals surface area contributed by atoms with Gasteiger partial charge in [0.05, 0.1) is 6.04 Å². The van der Waals surface area contributed by atoms with E-state index in [1.807, 2.05) is 24.3 Å². The molecule has 3 heteroatoms. The zero-order valence-corrected chi connectivity index (χ0v) is 11.3. The summed E-state index contributed by atoms with van der Waals surface area (Å²) in [4.78, 5) is 0. The van der Waals surface area contributed by atoms with Gasteiger partial charge in [0.25, 0.3) is 0 Å². The molecule has 3 N–H and O–H groups in total. The number of rotatable bonds is 3. The zero-order chi connectivity index (χ0) is 13.1. The van der Waals surface area contributed by atoms with Crippen molar-refractivity contribution in [2.24, 2.45) is 5.84 Å². The molecule has 1 unspecified atom stereocenters. The van der Waals surface area contributed by atoms with Crippen molar-refractivity contribution in [1.82, 2.24) is 5.43 Å². The van der Waals surface area contributed by atoms with Crippen molar-refractivity contribution in [3.8, 4) is 0 Å². The molecule has 1 atom stereocenters. The lowest BCUT2D eigenvalue weighted by Crippen LogP contribution is -2.29. The molecule has 2 nitrogen and oxygen atoms in total. The quantitative estimate of drug-likeness (QED) is 0.655. The van der Waals surface area contributed by atoms with Gasteiger partial charge < -0.3 is 0 Å². The number of benzene rings is 2. The third-order valence-corrected chi connectivity index (χ3v) is 3.37. The van der Waals surface area contributed by atoms with Gasteiger partial charge in [-0.15, -0.1) is 0 Å². The Balaban J connectivity index is 2.44. The maximum Gasteiger partial charge on any atom is 0.0712 e. The van der Waals surface area contributed by atoms with Gasteiger partial charge in [0.2, 0.25) is 0 Å². The molecule has 2 aromatic carbocycles. The average molecular weight is 261 g/mol. The SMILES string of the molecule is Cc1ccc(C)c(C(NN)c2ccc(Cl)cc2)c1. The molecule has 0 saturated heterocycles. The minimum atomic E-state index is -0.0119. The van der Waals surface area contributed by atoms with Crippen molar-refractivity contribution >= 4 is 11.6 Å². The van der Waals surface area contributed by atoms with Gasteiger partial charge in [-0.1, -0.05) is 47.5 Å². The summed E-state index contributed by atoms with van der Waals surface area (Å²) < 4.78 is 0. The first-order valence-electron chi connectivity index (χ1n) is 5.90. The summed E-state index contributed by atoms with van der Waals surface area (Å²) in [7, 11) is 0. The second-order valence-electron chi connectivity index (χ2n) is 4.51. The summed E-state index contributed by atoms with van der Waals surface area (Å²) in [6.07, 6.45) is 0. The second-order valence-corrected chi connectivity index (χ2v) is 4.95. The molecular formula is C15H17ClN2. The molecule has 0 spiro atoms. The topological polar surface area (TPSA) is 38.0 Å². The fraction of sp³-hybridized carbons (Fsp3) is 0.200. The smallest absolute Gasteiger partial charge is 0.0712 e. The largest absolute Gasteiger partial charge is 0.271 e. The fourth-order valence-electron chi connectivity index (χ4n) is 2.09. The molecular weight excluding hydrogens is 244 g/mol. The van der Waals surface area contributed by atoms with E-state index in [1.54, 1.807) is 0 Å². The molecule has 18 heavy (non-hydrogen) atoms. The van der Waals surface area contributed by atoms with Gasteiger partial charge in [0.1, 0.15) is 0 Å². The lowest BCUT2D eigenvalue weighted by Gasteiger charge is -2.19. The number of hydrogen-bond donors (Lipinski definition) is 2. The summed E-state index contributed by atoms with van der Waals surface area (Å²) >= 11 is 5.91. The number of aryl methyl sites for hydroxylation is 2. The van der Waals surface area contributed by atoms with Crippen molar-refractivity contribution in [1.29, 1.82) is 0 Å². The van der Waals surface area contributed by atoms with Crippen molar-refractivity contribution in [3.05, 3.63) is 69.7 Å². The van der Waals surface area contributed by atoms with Gasteiger partial charge in [0.15, 0.2) is 0 Å². The van der Waals surface area contributed by atoms with Crippen molar-refractivity contribution in [2.75, 3.05) is 0 Å². The summed E-state index contributed by atoms with van der Waals surface area (Å²) in [5.74, 6) is 5.71. The third kappa shape index (κ3) is 2.72.